The van der Waals surface area contributed by atoms with Crippen molar-refractivity contribution >= 4 is 11.6 Å². The molecule has 0 spiro atoms. The van der Waals surface area contributed by atoms with Gasteiger partial charge >= 0.3 is 0 Å². The van der Waals surface area contributed by atoms with Crippen LogP contribution in [-0.2, 0) is 15.0 Å². The third kappa shape index (κ3) is 2.14. The Morgan fingerprint density at radius 2 is 1.71 bits per heavy atom. The van der Waals surface area contributed by atoms with E-state index in [9.17, 15) is 14.0 Å². The molecule has 17 heavy (non-hydrogen) atoms. The van der Waals surface area contributed by atoms with Gasteiger partial charge in [-0.2, -0.15) is 0 Å². The SMILES string of the molecule is CC(=O)C1(c2ccc(F)cc2)CCC(=O)CC1. The van der Waals surface area contributed by atoms with Gasteiger partial charge in [0.05, 0.1) is 5.41 Å². The Bertz CT molecular complexity index is 438. The molecule has 1 aromatic carbocycles. The molecule has 0 saturated heterocycles. The fourth-order valence-corrected chi connectivity index (χ4v) is 2.57. The standard InChI is InChI=1S/C14H15FO2/c1-10(16)14(8-6-13(17)7-9-14)11-2-4-12(15)5-3-11/h2-5H,6-9H2,1H3. The van der Waals surface area contributed by atoms with Gasteiger partial charge in [0.2, 0.25) is 0 Å². The van der Waals surface area contributed by atoms with Gasteiger partial charge in [-0.1, -0.05) is 12.1 Å². The van der Waals surface area contributed by atoms with Crippen molar-refractivity contribution in [2.45, 2.75) is 38.0 Å². The van der Waals surface area contributed by atoms with Crippen LogP contribution in [0.15, 0.2) is 24.3 Å². The zero-order chi connectivity index (χ0) is 12.5. The van der Waals surface area contributed by atoms with Crippen molar-refractivity contribution < 1.29 is 14.0 Å². The minimum absolute atomic E-state index is 0.0663. The second-order valence-electron chi connectivity index (χ2n) is 4.68. The number of carbonyl (C=O) groups is 2. The summed E-state index contributed by atoms with van der Waals surface area (Å²) in [6.45, 7) is 1.55. The second-order valence-corrected chi connectivity index (χ2v) is 4.68. The maximum absolute atomic E-state index is 12.9. The number of Topliss-reactive ketones (excluding diaryl/α,β-unsaturated/α-hetero) is 2. The van der Waals surface area contributed by atoms with Crippen molar-refractivity contribution in [1.29, 1.82) is 0 Å². The van der Waals surface area contributed by atoms with Crippen LogP contribution in [0.4, 0.5) is 4.39 Å². The average molecular weight is 234 g/mol. The molecule has 0 unspecified atom stereocenters. The molecular formula is C14H15FO2. The van der Waals surface area contributed by atoms with E-state index in [-0.39, 0.29) is 17.4 Å². The lowest BCUT2D eigenvalue weighted by Crippen LogP contribution is -2.38. The quantitative estimate of drug-likeness (QED) is 0.788. The summed E-state index contributed by atoms with van der Waals surface area (Å²) < 4.78 is 12.9. The summed E-state index contributed by atoms with van der Waals surface area (Å²) in [4.78, 5) is 23.2. The number of hydrogen-bond donors (Lipinski definition) is 0. The van der Waals surface area contributed by atoms with Crippen LogP contribution in [-0.4, -0.2) is 11.6 Å². The smallest absolute Gasteiger partial charge is 0.140 e. The molecule has 3 heteroatoms. The van der Waals surface area contributed by atoms with E-state index in [1.807, 2.05) is 0 Å². The molecule has 2 rings (SSSR count). The van der Waals surface area contributed by atoms with E-state index in [1.165, 1.54) is 12.1 Å². The summed E-state index contributed by atoms with van der Waals surface area (Å²) in [6.07, 6.45) is 1.98. The van der Waals surface area contributed by atoms with Gasteiger partial charge in [0, 0.05) is 12.8 Å². The highest BCUT2D eigenvalue weighted by Crippen LogP contribution is 2.39. The third-order valence-corrected chi connectivity index (χ3v) is 3.73. The Balaban J connectivity index is 2.38. The molecular weight excluding hydrogens is 219 g/mol. The van der Waals surface area contributed by atoms with E-state index in [1.54, 1.807) is 19.1 Å². The summed E-state index contributed by atoms with van der Waals surface area (Å²) in [5.74, 6) is -0.0278. The van der Waals surface area contributed by atoms with Crippen molar-refractivity contribution in [2.75, 3.05) is 0 Å². The Morgan fingerprint density at radius 3 is 2.18 bits per heavy atom. The number of halogens is 1. The van der Waals surface area contributed by atoms with Gasteiger partial charge < -0.3 is 0 Å². The first-order chi connectivity index (χ1) is 8.04. The van der Waals surface area contributed by atoms with Crippen LogP contribution in [0.1, 0.15) is 38.2 Å². The number of carbonyl (C=O) groups excluding carboxylic acids is 2. The molecule has 0 atom stereocenters. The van der Waals surface area contributed by atoms with Crippen molar-refractivity contribution in [3.05, 3.63) is 35.6 Å². The molecule has 0 aromatic heterocycles. The van der Waals surface area contributed by atoms with Gasteiger partial charge in [0.1, 0.15) is 17.4 Å². The molecule has 1 aromatic rings. The summed E-state index contributed by atoms with van der Waals surface area (Å²) in [5.41, 5.74) is 0.251. The highest BCUT2D eigenvalue weighted by molar-refractivity contribution is 5.91. The molecule has 0 bridgehead atoms. The Labute approximate surface area is 99.8 Å². The molecule has 1 fully saturated rings. The predicted molar refractivity (Wildman–Crippen MR) is 62.2 cm³/mol. The topological polar surface area (TPSA) is 34.1 Å². The largest absolute Gasteiger partial charge is 0.300 e. The van der Waals surface area contributed by atoms with E-state index in [0.29, 0.717) is 25.7 Å². The summed E-state index contributed by atoms with van der Waals surface area (Å²) in [5, 5.41) is 0. The maximum atomic E-state index is 12.9. The lowest BCUT2D eigenvalue weighted by molar-refractivity contribution is -0.127. The van der Waals surface area contributed by atoms with Crippen LogP contribution in [0.3, 0.4) is 0 Å². The van der Waals surface area contributed by atoms with Crippen molar-refractivity contribution in [2.24, 2.45) is 0 Å². The molecule has 1 aliphatic carbocycles. The van der Waals surface area contributed by atoms with E-state index in [0.717, 1.165) is 5.56 Å². The maximum Gasteiger partial charge on any atom is 0.140 e. The molecule has 0 radical (unpaired) electrons. The minimum Gasteiger partial charge on any atom is -0.300 e. The fraction of sp³-hybridized carbons (Fsp3) is 0.429. The van der Waals surface area contributed by atoms with Gasteiger partial charge in [0.15, 0.2) is 0 Å². The van der Waals surface area contributed by atoms with Crippen LogP contribution < -0.4 is 0 Å². The first kappa shape index (κ1) is 12.0. The zero-order valence-electron chi connectivity index (χ0n) is 9.83. The number of hydrogen-bond acceptors (Lipinski definition) is 2. The average Bonchev–Trinajstić information content (AvgIpc) is 2.31. The third-order valence-electron chi connectivity index (χ3n) is 3.73. The second kappa shape index (κ2) is 4.40. The van der Waals surface area contributed by atoms with Crippen LogP contribution in [0.2, 0.25) is 0 Å². The summed E-state index contributed by atoms with van der Waals surface area (Å²) >= 11 is 0. The highest BCUT2D eigenvalue weighted by atomic mass is 19.1. The van der Waals surface area contributed by atoms with Crippen molar-refractivity contribution in [1.82, 2.24) is 0 Å². The Hall–Kier alpha value is -1.51. The number of rotatable bonds is 2. The van der Waals surface area contributed by atoms with Gasteiger partial charge in [-0.05, 0) is 37.5 Å². The number of benzene rings is 1. The van der Waals surface area contributed by atoms with E-state index < -0.39 is 5.41 Å². The molecule has 90 valence electrons. The van der Waals surface area contributed by atoms with Gasteiger partial charge in [-0.3, -0.25) is 9.59 Å². The van der Waals surface area contributed by atoms with Crippen LogP contribution in [0.5, 0.6) is 0 Å². The lowest BCUT2D eigenvalue weighted by Gasteiger charge is -2.34. The minimum atomic E-state index is -0.582. The normalized spacial score (nSPS) is 19.1. The van der Waals surface area contributed by atoms with Crippen molar-refractivity contribution in [3.63, 3.8) is 0 Å². The fourth-order valence-electron chi connectivity index (χ4n) is 2.57. The summed E-state index contributed by atoms with van der Waals surface area (Å²) in [6, 6.07) is 6.06. The number of ketones is 2. The molecule has 0 heterocycles. The Morgan fingerprint density at radius 1 is 1.18 bits per heavy atom. The molecule has 1 saturated carbocycles. The predicted octanol–water partition coefficient (Wildman–Crippen LogP) is 2.80. The van der Waals surface area contributed by atoms with Crippen LogP contribution >= 0.6 is 0 Å². The van der Waals surface area contributed by atoms with Crippen LogP contribution in [0.25, 0.3) is 0 Å². The monoisotopic (exact) mass is 234 g/mol. The Kier molecular flexibility index (Phi) is 3.09. The molecule has 2 nitrogen and oxygen atoms in total. The first-order valence-electron chi connectivity index (χ1n) is 5.83. The van der Waals surface area contributed by atoms with E-state index >= 15 is 0 Å². The van der Waals surface area contributed by atoms with Gasteiger partial charge in [0.25, 0.3) is 0 Å². The zero-order valence-corrected chi connectivity index (χ0v) is 9.83. The summed E-state index contributed by atoms with van der Waals surface area (Å²) in [7, 11) is 0. The van der Waals surface area contributed by atoms with E-state index in [2.05, 4.69) is 0 Å². The molecule has 0 amide bonds. The molecule has 0 N–H and O–H groups in total. The molecule has 0 aliphatic heterocycles. The highest BCUT2D eigenvalue weighted by Gasteiger charge is 2.40. The van der Waals surface area contributed by atoms with Gasteiger partial charge in [-0.25, -0.2) is 4.39 Å². The van der Waals surface area contributed by atoms with Crippen LogP contribution in [0, 0.1) is 5.82 Å². The first-order valence-corrected chi connectivity index (χ1v) is 5.83. The lowest BCUT2D eigenvalue weighted by atomic mass is 9.67. The van der Waals surface area contributed by atoms with Crippen molar-refractivity contribution in [3.8, 4) is 0 Å². The van der Waals surface area contributed by atoms with Gasteiger partial charge in [-0.15, -0.1) is 0 Å². The molecule has 1 aliphatic rings. The van der Waals surface area contributed by atoms with E-state index in [4.69, 9.17) is 0 Å².